The van der Waals surface area contributed by atoms with Crippen LogP contribution >= 0.6 is 31.9 Å². The predicted molar refractivity (Wildman–Crippen MR) is 84.5 cm³/mol. The van der Waals surface area contributed by atoms with Crippen molar-refractivity contribution in [2.24, 2.45) is 0 Å². The van der Waals surface area contributed by atoms with Crippen molar-refractivity contribution in [1.29, 1.82) is 0 Å². The SMILES string of the molecule is CCOCCCOc1c(Br)cc(CBr)cc1OCC. The van der Waals surface area contributed by atoms with E-state index in [0.717, 1.165) is 46.5 Å². The minimum Gasteiger partial charge on any atom is -0.490 e. The van der Waals surface area contributed by atoms with Crippen LogP contribution in [0.3, 0.4) is 0 Å². The van der Waals surface area contributed by atoms with E-state index in [1.807, 2.05) is 26.0 Å². The van der Waals surface area contributed by atoms with Crippen molar-refractivity contribution in [3.63, 3.8) is 0 Å². The summed E-state index contributed by atoms with van der Waals surface area (Å²) < 4.78 is 17.6. The fourth-order valence-corrected chi connectivity index (χ4v) is 2.51. The quantitative estimate of drug-likeness (QED) is 0.453. The van der Waals surface area contributed by atoms with Gasteiger partial charge in [0.25, 0.3) is 0 Å². The van der Waals surface area contributed by atoms with Crippen LogP contribution in [-0.2, 0) is 10.1 Å². The number of hydrogen-bond acceptors (Lipinski definition) is 3. The van der Waals surface area contributed by atoms with E-state index in [9.17, 15) is 0 Å². The predicted octanol–water partition coefficient (Wildman–Crippen LogP) is 4.55. The van der Waals surface area contributed by atoms with Gasteiger partial charge in [0.05, 0.1) is 17.7 Å². The van der Waals surface area contributed by atoms with Crippen molar-refractivity contribution in [2.45, 2.75) is 25.6 Å². The summed E-state index contributed by atoms with van der Waals surface area (Å²) in [6.45, 7) is 6.66. The van der Waals surface area contributed by atoms with Gasteiger partial charge in [-0.3, -0.25) is 0 Å². The number of ether oxygens (including phenoxy) is 3. The lowest BCUT2D eigenvalue weighted by atomic mass is 10.2. The van der Waals surface area contributed by atoms with Crippen LogP contribution < -0.4 is 9.47 Å². The van der Waals surface area contributed by atoms with Crippen LogP contribution in [0.1, 0.15) is 25.8 Å². The fourth-order valence-electron chi connectivity index (χ4n) is 1.58. The first-order valence-electron chi connectivity index (χ1n) is 6.44. The van der Waals surface area contributed by atoms with Crippen LogP contribution in [0.25, 0.3) is 0 Å². The average molecular weight is 396 g/mol. The van der Waals surface area contributed by atoms with E-state index in [0.29, 0.717) is 13.2 Å². The Bertz CT molecular complexity index is 383. The molecule has 19 heavy (non-hydrogen) atoms. The van der Waals surface area contributed by atoms with Gasteiger partial charge in [-0.05, 0) is 47.5 Å². The summed E-state index contributed by atoms with van der Waals surface area (Å²) in [5, 5.41) is 0.788. The van der Waals surface area contributed by atoms with Gasteiger partial charge in [-0.25, -0.2) is 0 Å². The van der Waals surface area contributed by atoms with Gasteiger partial charge in [-0.2, -0.15) is 0 Å². The molecule has 0 spiro atoms. The second kappa shape index (κ2) is 9.61. The molecule has 0 N–H and O–H groups in total. The molecule has 0 heterocycles. The Morgan fingerprint density at radius 3 is 2.47 bits per heavy atom. The van der Waals surface area contributed by atoms with Gasteiger partial charge in [-0.1, -0.05) is 15.9 Å². The summed E-state index contributed by atoms with van der Waals surface area (Å²) >= 11 is 6.98. The Hall–Kier alpha value is -0.260. The largest absolute Gasteiger partial charge is 0.490 e. The van der Waals surface area contributed by atoms with Crippen LogP contribution in [0.2, 0.25) is 0 Å². The third-order valence-corrected chi connectivity index (χ3v) is 3.64. The lowest BCUT2D eigenvalue weighted by molar-refractivity contribution is 0.130. The summed E-state index contributed by atoms with van der Waals surface area (Å²) in [6.07, 6.45) is 0.867. The van der Waals surface area contributed by atoms with Crippen LogP contribution in [0, 0.1) is 0 Å². The Kier molecular flexibility index (Phi) is 8.50. The molecule has 0 saturated heterocycles. The monoisotopic (exact) mass is 394 g/mol. The normalized spacial score (nSPS) is 10.5. The van der Waals surface area contributed by atoms with Gasteiger partial charge in [-0.15, -0.1) is 0 Å². The first kappa shape index (κ1) is 16.8. The minimum atomic E-state index is 0.617. The number of rotatable bonds is 9. The highest BCUT2D eigenvalue weighted by atomic mass is 79.9. The van der Waals surface area contributed by atoms with Crippen LogP contribution in [0.15, 0.2) is 16.6 Å². The van der Waals surface area contributed by atoms with Crippen LogP contribution in [0.5, 0.6) is 11.5 Å². The van der Waals surface area contributed by atoms with Crippen LogP contribution in [-0.4, -0.2) is 26.4 Å². The van der Waals surface area contributed by atoms with Gasteiger partial charge in [0.2, 0.25) is 0 Å². The molecule has 3 nitrogen and oxygen atoms in total. The Morgan fingerprint density at radius 1 is 1.05 bits per heavy atom. The molecule has 0 aliphatic rings. The highest BCUT2D eigenvalue weighted by Crippen LogP contribution is 2.37. The van der Waals surface area contributed by atoms with Gasteiger partial charge in [0.1, 0.15) is 0 Å². The molecule has 0 amide bonds. The van der Waals surface area contributed by atoms with Gasteiger partial charge < -0.3 is 14.2 Å². The van der Waals surface area contributed by atoms with Crippen LogP contribution in [0.4, 0.5) is 0 Å². The molecule has 0 bridgehead atoms. The highest BCUT2D eigenvalue weighted by molar-refractivity contribution is 9.10. The topological polar surface area (TPSA) is 27.7 Å². The fraction of sp³-hybridized carbons (Fsp3) is 0.571. The summed E-state index contributed by atoms with van der Waals surface area (Å²) in [5.74, 6) is 1.55. The summed E-state index contributed by atoms with van der Waals surface area (Å²) in [5.41, 5.74) is 1.15. The number of alkyl halides is 1. The zero-order chi connectivity index (χ0) is 14.1. The Morgan fingerprint density at radius 2 is 1.84 bits per heavy atom. The average Bonchev–Trinajstić information content (AvgIpc) is 2.41. The highest BCUT2D eigenvalue weighted by Gasteiger charge is 2.11. The molecule has 0 saturated carbocycles. The molecule has 1 aromatic carbocycles. The van der Waals surface area contributed by atoms with Gasteiger partial charge in [0.15, 0.2) is 11.5 Å². The third kappa shape index (κ3) is 5.71. The molecule has 108 valence electrons. The smallest absolute Gasteiger partial charge is 0.175 e. The summed E-state index contributed by atoms with van der Waals surface area (Å²) in [7, 11) is 0. The number of halogens is 2. The molecule has 0 aromatic heterocycles. The second-order valence-electron chi connectivity index (χ2n) is 3.87. The first-order valence-corrected chi connectivity index (χ1v) is 8.36. The van der Waals surface area contributed by atoms with E-state index >= 15 is 0 Å². The van der Waals surface area contributed by atoms with Crippen molar-refractivity contribution in [2.75, 3.05) is 26.4 Å². The lowest BCUT2D eigenvalue weighted by Gasteiger charge is -2.15. The number of benzene rings is 1. The van der Waals surface area contributed by atoms with Crippen molar-refractivity contribution in [1.82, 2.24) is 0 Å². The standard InChI is InChI=1S/C14H20Br2O3/c1-3-17-6-5-7-19-14-12(16)8-11(10-15)9-13(14)18-4-2/h8-9H,3-7,10H2,1-2H3. The molecule has 0 fully saturated rings. The van der Waals surface area contributed by atoms with E-state index < -0.39 is 0 Å². The zero-order valence-corrected chi connectivity index (χ0v) is 14.6. The van der Waals surface area contributed by atoms with Crippen molar-refractivity contribution in [3.05, 3.63) is 22.2 Å². The zero-order valence-electron chi connectivity index (χ0n) is 11.4. The molecule has 5 heteroatoms. The second-order valence-corrected chi connectivity index (χ2v) is 5.29. The maximum Gasteiger partial charge on any atom is 0.175 e. The first-order chi connectivity index (χ1) is 9.22. The molecule has 0 atom stereocenters. The molecule has 1 rings (SSSR count). The molecule has 0 aliphatic heterocycles. The minimum absolute atomic E-state index is 0.617. The summed E-state index contributed by atoms with van der Waals surface area (Å²) in [6, 6.07) is 4.04. The maximum absolute atomic E-state index is 5.80. The third-order valence-electron chi connectivity index (χ3n) is 2.41. The number of hydrogen-bond donors (Lipinski definition) is 0. The van der Waals surface area contributed by atoms with E-state index in [-0.39, 0.29) is 0 Å². The van der Waals surface area contributed by atoms with E-state index in [4.69, 9.17) is 14.2 Å². The molecule has 0 radical (unpaired) electrons. The molecule has 0 aliphatic carbocycles. The van der Waals surface area contributed by atoms with Crippen molar-refractivity contribution in [3.8, 4) is 11.5 Å². The van der Waals surface area contributed by atoms with E-state index in [1.165, 1.54) is 0 Å². The Labute approximate surface area is 131 Å². The molecular formula is C14H20Br2O3. The Balaban J connectivity index is 2.68. The molecular weight excluding hydrogens is 376 g/mol. The molecule has 1 aromatic rings. The van der Waals surface area contributed by atoms with Gasteiger partial charge >= 0.3 is 0 Å². The molecule has 0 unspecified atom stereocenters. The lowest BCUT2D eigenvalue weighted by Crippen LogP contribution is -2.05. The maximum atomic E-state index is 5.80. The van der Waals surface area contributed by atoms with Crippen molar-refractivity contribution < 1.29 is 14.2 Å². The van der Waals surface area contributed by atoms with Crippen molar-refractivity contribution >= 4 is 31.9 Å². The summed E-state index contributed by atoms with van der Waals surface area (Å²) in [4.78, 5) is 0. The van der Waals surface area contributed by atoms with Gasteiger partial charge in [0, 0.05) is 25.0 Å². The van der Waals surface area contributed by atoms with E-state index in [1.54, 1.807) is 0 Å². The van der Waals surface area contributed by atoms with E-state index in [2.05, 4.69) is 31.9 Å².